The fourth-order valence-electron chi connectivity index (χ4n) is 1.58. The Morgan fingerprint density at radius 3 is 3.06 bits per heavy atom. The summed E-state index contributed by atoms with van der Waals surface area (Å²) in [6, 6.07) is 1.62. The number of halogens is 1. The van der Waals surface area contributed by atoms with Crippen molar-refractivity contribution in [2.24, 2.45) is 5.92 Å². The highest BCUT2D eigenvalue weighted by Gasteiger charge is 2.21. The number of rotatable bonds is 6. The number of amides is 1. The molecule has 0 N–H and O–H groups in total. The van der Waals surface area contributed by atoms with Crippen molar-refractivity contribution < 1.29 is 9.53 Å². The van der Waals surface area contributed by atoms with Crippen molar-refractivity contribution in [1.29, 1.82) is 0 Å². The van der Waals surface area contributed by atoms with Gasteiger partial charge in [-0.3, -0.25) is 9.78 Å². The third-order valence-corrected chi connectivity index (χ3v) is 3.30. The molecule has 0 bridgehead atoms. The summed E-state index contributed by atoms with van der Waals surface area (Å²) in [5.74, 6) is 0.627. The lowest BCUT2D eigenvalue weighted by atomic mass is 10.2. The fraction of sp³-hybridized carbons (Fsp3) is 0.538. The van der Waals surface area contributed by atoms with E-state index in [4.69, 9.17) is 16.3 Å². The molecule has 1 aliphatic rings. The van der Waals surface area contributed by atoms with Crippen LogP contribution in [0.15, 0.2) is 18.5 Å². The van der Waals surface area contributed by atoms with Crippen LogP contribution in [-0.2, 0) is 4.74 Å². The minimum atomic E-state index is -0.122. The van der Waals surface area contributed by atoms with Crippen LogP contribution in [0.5, 0.6) is 0 Å². The first-order chi connectivity index (χ1) is 8.68. The summed E-state index contributed by atoms with van der Waals surface area (Å²) < 4.78 is 5.50. The smallest absolute Gasteiger partial charge is 0.256 e. The number of carbonyl (C=O) groups excluding carboxylic acids is 1. The summed E-state index contributed by atoms with van der Waals surface area (Å²) >= 11 is 5.96. The molecule has 0 aliphatic heterocycles. The van der Waals surface area contributed by atoms with E-state index in [0.717, 1.165) is 12.5 Å². The number of pyridine rings is 1. The molecular formula is C13H17ClN2O2. The Bertz CT molecular complexity index is 421. The van der Waals surface area contributed by atoms with E-state index in [0.29, 0.717) is 23.7 Å². The number of likely N-dealkylation sites (N-methyl/N-ethyl adjacent to an activating group) is 1. The molecule has 0 saturated heterocycles. The Morgan fingerprint density at radius 2 is 2.39 bits per heavy atom. The second-order valence-corrected chi connectivity index (χ2v) is 5.01. The maximum absolute atomic E-state index is 12.1. The normalized spacial score (nSPS) is 14.6. The Morgan fingerprint density at radius 1 is 1.61 bits per heavy atom. The molecule has 1 aliphatic carbocycles. The second kappa shape index (κ2) is 6.16. The molecule has 1 amide bonds. The van der Waals surface area contributed by atoms with E-state index in [1.165, 1.54) is 19.0 Å². The number of hydrogen-bond acceptors (Lipinski definition) is 3. The quantitative estimate of drug-likeness (QED) is 0.743. The monoisotopic (exact) mass is 268 g/mol. The number of hydrogen-bond donors (Lipinski definition) is 0. The van der Waals surface area contributed by atoms with Gasteiger partial charge in [0.15, 0.2) is 0 Å². The molecule has 4 nitrogen and oxygen atoms in total. The van der Waals surface area contributed by atoms with Crippen LogP contribution in [0, 0.1) is 5.92 Å². The summed E-state index contributed by atoms with van der Waals surface area (Å²) in [5.41, 5.74) is 0.434. The van der Waals surface area contributed by atoms with Gasteiger partial charge in [0.1, 0.15) is 0 Å². The Kier molecular flexibility index (Phi) is 4.55. The van der Waals surface area contributed by atoms with Gasteiger partial charge in [0.05, 0.1) is 17.2 Å². The molecule has 98 valence electrons. The zero-order chi connectivity index (χ0) is 13.0. The SMILES string of the molecule is CN(CCOCC1CC1)C(=O)c1cnccc1Cl. The van der Waals surface area contributed by atoms with E-state index in [1.54, 1.807) is 24.2 Å². The van der Waals surface area contributed by atoms with Crippen LogP contribution in [-0.4, -0.2) is 42.6 Å². The van der Waals surface area contributed by atoms with Crippen molar-refractivity contribution in [2.45, 2.75) is 12.8 Å². The van der Waals surface area contributed by atoms with Gasteiger partial charge in [-0.25, -0.2) is 0 Å². The molecule has 0 spiro atoms. The highest BCUT2D eigenvalue weighted by Crippen LogP contribution is 2.28. The van der Waals surface area contributed by atoms with Gasteiger partial charge in [-0.1, -0.05) is 11.6 Å². The predicted molar refractivity (Wildman–Crippen MR) is 69.8 cm³/mol. The van der Waals surface area contributed by atoms with Crippen LogP contribution >= 0.6 is 11.6 Å². The molecule has 2 rings (SSSR count). The second-order valence-electron chi connectivity index (χ2n) is 4.60. The maximum Gasteiger partial charge on any atom is 0.256 e. The molecule has 1 aromatic heterocycles. The van der Waals surface area contributed by atoms with Crippen molar-refractivity contribution in [3.8, 4) is 0 Å². The molecule has 18 heavy (non-hydrogen) atoms. The van der Waals surface area contributed by atoms with Gasteiger partial charge in [-0.05, 0) is 24.8 Å². The van der Waals surface area contributed by atoms with Crippen LogP contribution in [0.4, 0.5) is 0 Å². The summed E-state index contributed by atoms with van der Waals surface area (Å²) in [6.45, 7) is 1.95. The molecule has 0 unspecified atom stereocenters. The van der Waals surface area contributed by atoms with Gasteiger partial charge in [0, 0.05) is 32.6 Å². The van der Waals surface area contributed by atoms with Crippen molar-refractivity contribution >= 4 is 17.5 Å². The van der Waals surface area contributed by atoms with Gasteiger partial charge in [-0.15, -0.1) is 0 Å². The third-order valence-electron chi connectivity index (χ3n) is 2.97. The number of aromatic nitrogens is 1. The van der Waals surface area contributed by atoms with E-state index in [1.807, 2.05) is 0 Å². The number of ether oxygens (including phenoxy) is 1. The lowest BCUT2D eigenvalue weighted by Gasteiger charge is -2.17. The van der Waals surface area contributed by atoms with Gasteiger partial charge in [0.25, 0.3) is 5.91 Å². The molecule has 0 aromatic carbocycles. The molecular weight excluding hydrogens is 252 g/mol. The van der Waals surface area contributed by atoms with Crippen LogP contribution in [0.25, 0.3) is 0 Å². The summed E-state index contributed by atoms with van der Waals surface area (Å²) in [4.78, 5) is 17.6. The standard InChI is InChI=1S/C13H17ClN2O2/c1-16(6-7-18-9-10-2-3-10)13(17)11-8-15-5-4-12(11)14/h4-5,8,10H,2-3,6-7,9H2,1H3. The Balaban J connectivity index is 1.78. The largest absolute Gasteiger partial charge is 0.379 e. The minimum Gasteiger partial charge on any atom is -0.379 e. The van der Waals surface area contributed by atoms with E-state index < -0.39 is 0 Å². The van der Waals surface area contributed by atoms with Gasteiger partial charge in [-0.2, -0.15) is 0 Å². The fourth-order valence-corrected chi connectivity index (χ4v) is 1.76. The van der Waals surface area contributed by atoms with Crippen molar-refractivity contribution in [3.05, 3.63) is 29.0 Å². The van der Waals surface area contributed by atoms with Crippen LogP contribution in [0.3, 0.4) is 0 Å². The molecule has 5 heteroatoms. The van der Waals surface area contributed by atoms with E-state index >= 15 is 0 Å². The Labute approximate surface area is 112 Å². The number of carbonyl (C=O) groups is 1. The van der Waals surface area contributed by atoms with Crippen molar-refractivity contribution in [3.63, 3.8) is 0 Å². The summed E-state index contributed by atoms with van der Waals surface area (Å²) in [5, 5.41) is 0.431. The van der Waals surface area contributed by atoms with E-state index in [-0.39, 0.29) is 5.91 Å². The highest BCUT2D eigenvalue weighted by molar-refractivity contribution is 6.33. The van der Waals surface area contributed by atoms with E-state index in [9.17, 15) is 4.79 Å². The molecule has 1 fully saturated rings. The lowest BCUT2D eigenvalue weighted by molar-refractivity contribution is 0.0681. The van der Waals surface area contributed by atoms with Crippen LogP contribution < -0.4 is 0 Å². The average molecular weight is 269 g/mol. The van der Waals surface area contributed by atoms with Crippen LogP contribution in [0.2, 0.25) is 5.02 Å². The summed E-state index contributed by atoms with van der Waals surface area (Å²) in [6.07, 6.45) is 5.62. The minimum absolute atomic E-state index is 0.122. The maximum atomic E-state index is 12.1. The van der Waals surface area contributed by atoms with Crippen molar-refractivity contribution in [1.82, 2.24) is 9.88 Å². The predicted octanol–water partition coefficient (Wildman–Crippen LogP) is 2.23. The zero-order valence-electron chi connectivity index (χ0n) is 10.4. The van der Waals surface area contributed by atoms with Crippen LogP contribution in [0.1, 0.15) is 23.2 Å². The number of nitrogens with zero attached hydrogens (tertiary/aromatic N) is 2. The molecule has 0 atom stereocenters. The highest BCUT2D eigenvalue weighted by atomic mass is 35.5. The molecule has 1 saturated carbocycles. The van der Waals surface area contributed by atoms with Crippen molar-refractivity contribution in [2.75, 3.05) is 26.8 Å². The van der Waals surface area contributed by atoms with Gasteiger partial charge >= 0.3 is 0 Å². The summed E-state index contributed by atoms with van der Waals surface area (Å²) in [7, 11) is 1.74. The first-order valence-electron chi connectivity index (χ1n) is 6.11. The first-order valence-corrected chi connectivity index (χ1v) is 6.49. The first kappa shape index (κ1) is 13.3. The lowest BCUT2D eigenvalue weighted by Crippen LogP contribution is -2.30. The molecule has 1 aromatic rings. The third kappa shape index (κ3) is 3.68. The zero-order valence-corrected chi connectivity index (χ0v) is 11.2. The average Bonchev–Trinajstić information content (AvgIpc) is 3.18. The van der Waals surface area contributed by atoms with Gasteiger partial charge in [0.2, 0.25) is 0 Å². The Hall–Kier alpha value is -1.13. The molecule has 0 radical (unpaired) electrons. The molecule has 1 heterocycles. The van der Waals surface area contributed by atoms with Gasteiger partial charge < -0.3 is 9.64 Å². The topological polar surface area (TPSA) is 42.4 Å². The van der Waals surface area contributed by atoms with E-state index in [2.05, 4.69) is 4.98 Å².